The highest BCUT2D eigenvalue weighted by Gasteiger charge is 2.09. The first kappa shape index (κ1) is 10.7. The van der Waals surface area contributed by atoms with E-state index in [1.807, 2.05) is 24.3 Å². The molecule has 0 fully saturated rings. The summed E-state index contributed by atoms with van der Waals surface area (Å²) < 4.78 is 4.95. The average Bonchev–Trinajstić information content (AvgIpc) is 2.25. The Morgan fingerprint density at radius 2 is 2.21 bits per heavy atom. The fourth-order valence-electron chi connectivity index (χ4n) is 1.31. The van der Waals surface area contributed by atoms with Crippen LogP contribution in [0, 0.1) is 11.3 Å². The third-order valence-electron chi connectivity index (χ3n) is 2.05. The van der Waals surface area contributed by atoms with Crippen LogP contribution >= 0.6 is 0 Å². The predicted octanol–water partition coefficient (Wildman–Crippen LogP) is 1.43. The fraction of sp³-hybridized carbons (Fsp3) is 0.364. The second-order valence-electron chi connectivity index (χ2n) is 2.97. The number of aliphatic hydroxyl groups is 1. The van der Waals surface area contributed by atoms with Crippen molar-refractivity contribution in [3.63, 3.8) is 0 Å². The van der Waals surface area contributed by atoms with Crippen molar-refractivity contribution in [2.45, 2.75) is 12.5 Å². The van der Waals surface area contributed by atoms with Crippen molar-refractivity contribution >= 4 is 0 Å². The number of ether oxygens (including phenoxy) is 1. The Morgan fingerprint density at radius 1 is 1.50 bits per heavy atom. The maximum atomic E-state index is 9.41. The van der Waals surface area contributed by atoms with Gasteiger partial charge < -0.3 is 9.84 Å². The first-order chi connectivity index (χ1) is 6.79. The van der Waals surface area contributed by atoms with Gasteiger partial charge in [0.05, 0.1) is 12.7 Å². The molecule has 1 unspecified atom stereocenters. The van der Waals surface area contributed by atoms with E-state index in [1.54, 1.807) is 13.2 Å². The molecule has 0 bridgehead atoms. The van der Waals surface area contributed by atoms with E-state index in [9.17, 15) is 5.11 Å². The standard InChI is InChI=1S/C11H13NO2/c1-14-7-6-9-4-2-3-5-10(9)11(13)8-12/h2-5,11,13H,6-7H2,1H3. The van der Waals surface area contributed by atoms with Crippen LogP contribution in [-0.4, -0.2) is 18.8 Å². The molecule has 0 aliphatic carbocycles. The van der Waals surface area contributed by atoms with Gasteiger partial charge in [0, 0.05) is 7.11 Å². The van der Waals surface area contributed by atoms with E-state index in [-0.39, 0.29) is 0 Å². The van der Waals surface area contributed by atoms with E-state index in [0.717, 1.165) is 5.56 Å². The summed E-state index contributed by atoms with van der Waals surface area (Å²) in [5, 5.41) is 18.0. The van der Waals surface area contributed by atoms with Crippen molar-refractivity contribution in [3.8, 4) is 6.07 Å². The van der Waals surface area contributed by atoms with Crippen molar-refractivity contribution in [1.82, 2.24) is 0 Å². The number of rotatable bonds is 4. The molecule has 14 heavy (non-hydrogen) atoms. The number of nitrogens with zero attached hydrogens (tertiary/aromatic N) is 1. The normalized spacial score (nSPS) is 12.1. The van der Waals surface area contributed by atoms with Gasteiger partial charge in [-0.15, -0.1) is 0 Å². The van der Waals surface area contributed by atoms with Crippen molar-refractivity contribution in [1.29, 1.82) is 5.26 Å². The van der Waals surface area contributed by atoms with Crippen molar-refractivity contribution < 1.29 is 9.84 Å². The highest BCUT2D eigenvalue weighted by atomic mass is 16.5. The molecule has 0 heterocycles. The van der Waals surface area contributed by atoms with Crippen LogP contribution in [0.4, 0.5) is 0 Å². The Morgan fingerprint density at radius 3 is 2.86 bits per heavy atom. The summed E-state index contributed by atoms with van der Waals surface area (Å²) in [6.07, 6.45) is -0.325. The molecule has 1 atom stereocenters. The number of nitriles is 1. The maximum Gasteiger partial charge on any atom is 0.166 e. The highest BCUT2D eigenvalue weighted by Crippen LogP contribution is 2.17. The Balaban J connectivity index is 2.86. The minimum absolute atomic E-state index is 0.592. The summed E-state index contributed by atoms with van der Waals surface area (Å²) in [6.45, 7) is 0.592. The number of hydrogen-bond donors (Lipinski definition) is 1. The molecule has 0 aliphatic heterocycles. The molecule has 3 nitrogen and oxygen atoms in total. The maximum absolute atomic E-state index is 9.41. The van der Waals surface area contributed by atoms with E-state index in [4.69, 9.17) is 10.00 Å². The summed E-state index contributed by atoms with van der Waals surface area (Å²) >= 11 is 0. The zero-order valence-electron chi connectivity index (χ0n) is 8.10. The number of aliphatic hydroxyl groups excluding tert-OH is 1. The van der Waals surface area contributed by atoms with Gasteiger partial charge in [-0.05, 0) is 17.5 Å². The van der Waals surface area contributed by atoms with Gasteiger partial charge in [0.2, 0.25) is 0 Å². The van der Waals surface area contributed by atoms with E-state index in [2.05, 4.69) is 0 Å². The smallest absolute Gasteiger partial charge is 0.166 e. The van der Waals surface area contributed by atoms with Gasteiger partial charge in [-0.2, -0.15) is 5.26 Å². The van der Waals surface area contributed by atoms with Gasteiger partial charge in [-0.1, -0.05) is 24.3 Å². The Bertz CT molecular complexity index is 330. The van der Waals surface area contributed by atoms with Crippen LogP contribution in [0.1, 0.15) is 17.2 Å². The highest BCUT2D eigenvalue weighted by molar-refractivity contribution is 5.31. The van der Waals surface area contributed by atoms with Gasteiger partial charge in [0.1, 0.15) is 0 Å². The van der Waals surface area contributed by atoms with Crippen molar-refractivity contribution in [3.05, 3.63) is 35.4 Å². The Hall–Kier alpha value is -1.37. The molecule has 1 aromatic rings. The number of benzene rings is 1. The molecule has 0 saturated carbocycles. The van der Waals surface area contributed by atoms with Crippen LogP contribution in [-0.2, 0) is 11.2 Å². The zero-order valence-corrected chi connectivity index (χ0v) is 8.10. The monoisotopic (exact) mass is 191 g/mol. The second-order valence-corrected chi connectivity index (χ2v) is 2.97. The molecular weight excluding hydrogens is 178 g/mol. The van der Waals surface area contributed by atoms with Crippen LogP contribution in [0.2, 0.25) is 0 Å². The predicted molar refractivity (Wildman–Crippen MR) is 52.6 cm³/mol. The lowest BCUT2D eigenvalue weighted by molar-refractivity contribution is 0.200. The van der Waals surface area contributed by atoms with E-state index in [1.165, 1.54) is 0 Å². The van der Waals surface area contributed by atoms with Gasteiger partial charge in [-0.25, -0.2) is 0 Å². The largest absolute Gasteiger partial charge is 0.384 e. The Kier molecular flexibility index (Phi) is 4.11. The topological polar surface area (TPSA) is 53.2 Å². The summed E-state index contributed by atoms with van der Waals surface area (Å²) in [6, 6.07) is 9.17. The SMILES string of the molecule is COCCc1ccccc1C(O)C#N. The first-order valence-corrected chi connectivity index (χ1v) is 4.44. The summed E-state index contributed by atoms with van der Waals surface area (Å²) in [5.41, 5.74) is 1.63. The molecule has 3 heteroatoms. The molecule has 0 aliphatic rings. The number of methoxy groups -OCH3 is 1. The molecule has 0 aromatic heterocycles. The van der Waals surface area contributed by atoms with E-state index in [0.29, 0.717) is 18.6 Å². The van der Waals surface area contributed by atoms with Gasteiger partial charge in [-0.3, -0.25) is 0 Å². The minimum atomic E-state index is -1.04. The van der Waals surface area contributed by atoms with Gasteiger partial charge >= 0.3 is 0 Å². The van der Waals surface area contributed by atoms with E-state index < -0.39 is 6.10 Å². The molecular formula is C11H13NO2. The molecule has 1 rings (SSSR count). The molecule has 0 saturated heterocycles. The van der Waals surface area contributed by atoms with Crippen LogP contribution in [0.15, 0.2) is 24.3 Å². The lowest BCUT2D eigenvalue weighted by atomic mass is 10.0. The molecule has 0 amide bonds. The first-order valence-electron chi connectivity index (χ1n) is 4.44. The van der Waals surface area contributed by atoms with Crippen LogP contribution in [0.3, 0.4) is 0 Å². The fourth-order valence-corrected chi connectivity index (χ4v) is 1.31. The zero-order chi connectivity index (χ0) is 10.4. The van der Waals surface area contributed by atoms with Crippen LogP contribution in [0.5, 0.6) is 0 Å². The lowest BCUT2D eigenvalue weighted by Crippen LogP contribution is -2.02. The molecule has 0 spiro atoms. The second kappa shape index (κ2) is 5.38. The summed E-state index contributed by atoms with van der Waals surface area (Å²) in [5.74, 6) is 0. The summed E-state index contributed by atoms with van der Waals surface area (Å²) in [7, 11) is 1.63. The van der Waals surface area contributed by atoms with Crippen molar-refractivity contribution in [2.75, 3.05) is 13.7 Å². The minimum Gasteiger partial charge on any atom is -0.384 e. The van der Waals surface area contributed by atoms with Crippen LogP contribution in [0.25, 0.3) is 0 Å². The lowest BCUT2D eigenvalue weighted by Gasteiger charge is -2.09. The molecule has 74 valence electrons. The third kappa shape index (κ3) is 2.56. The van der Waals surface area contributed by atoms with Crippen molar-refractivity contribution in [2.24, 2.45) is 0 Å². The Labute approximate surface area is 83.6 Å². The van der Waals surface area contributed by atoms with Gasteiger partial charge in [0.25, 0.3) is 0 Å². The summed E-state index contributed by atoms with van der Waals surface area (Å²) in [4.78, 5) is 0. The van der Waals surface area contributed by atoms with Crippen LogP contribution < -0.4 is 0 Å². The van der Waals surface area contributed by atoms with Gasteiger partial charge in [0.15, 0.2) is 6.10 Å². The quantitative estimate of drug-likeness (QED) is 0.732. The molecule has 1 N–H and O–H groups in total. The third-order valence-corrected chi connectivity index (χ3v) is 2.05. The number of hydrogen-bond acceptors (Lipinski definition) is 3. The molecule has 1 aromatic carbocycles. The molecule has 0 radical (unpaired) electrons. The average molecular weight is 191 g/mol. The van der Waals surface area contributed by atoms with E-state index >= 15 is 0 Å².